The van der Waals surface area contributed by atoms with Gasteiger partial charge < -0.3 is 20.8 Å². The van der Waals surface area contributed by atoms with E-state index < -0.39 is 23.9 Å². The Bertz CT molecular complexity index is 759. The molecule has 0 aliphatic carbocycles. The molecule has 1 saturated heterocycles. The van der Waals surface area contributed by atoms with Gasteiger partial charge in [-0.05, 0) is 36.6 Å². The Labute approximate surface area is 160 Å². The molecule has 0 aromatic heterocycles. The second-order valence-electron chi connectivity index (χ2n) is 5.82. The molecule has 8 heteroatoms. The Hall–Kier alpha value is -1.67. The average molecular weight is 340 g/mol. The molecule has 24 heavy (non-hydrogen) atoms. The van der Waals surface area contributed by atoms with Crippen molar-refractivity contribution in [2.24, 2.45) is 11.7 Å². The van der Waals surface area contributed by atoms with Crippen LogP contribution >= 0.6 is 0 Å². The molecule has 0 radical (unpaired) electrons. The van der Waals surface area contributed by atoms with Gasteiger partial charge in [0.2, 0.25) is 11.8 Å². The fourth-order valence-corrected chi connectivity index (χ4v) is 3.39. The summed E-state index contributed by atoms with van der Waals surface area (Å²) in [6, 6.07) is 6.00. The molecule has 122 valence electrons. The number of carboxylic acids is 1. The van der Waals surface area contributed by atoms with Gasteiger partial charge in [-0.2, -0.15) is 0 Å². The summed E-state index contributed by atoms with van der Waals surface area (Å²) in [7, 11) is 0. The van der Waals surface area contributed by atoms with Gasteiger partial charge in [0, 0.05) is 5.56 Å². The Balaban J connectivity index is 0.00000208. The van der Waals surface area contributed by atoms with Crippen molar-refractivity contribution < 1.29 is 24.6 Å². The van der Waals surface area contributed by atoms with Crippen LogP contribution in [0.15, 0.2) is 30.0 Å². The summed E-state index contributed by atoms with van der Waals surface area (Å²) < 4.78 is 0. The Morgan fingerprint density at radius 3 is 2.58 bits per heavy atom. The number of carbonyl (C=O) groups excluding carboxylic acids is 2. The molecule has 0 spiro atoms. The molecule has 3 atom stereocenters. The SMILES string of the molecule is C[C@@H](O)[C@H]1C(=O)N2C(C(=O)O)=C(c3cccc(C(N)=O)c3)C[C@H]12.[NaH]. The summed E-state index contributed by atoms with van der Waals surface area (Å²) in [6.45, 7) is 1.52. The molecule has 1 aromatic carbocycles. The number of nitrogens with two attached hydrogens (primary N) is 1. The van der Waals surface area contributed by atoms with Crippen LogP contribution in [-0.2, 0) is 9.59 Å². The van der Waals surface area contributed by atoms with Crippen molar-refractivity contribution in [1.82, 2.24) is 4.90 Å². The number of rotatable bonds is 4. The van der Waals surface area contributed by atoms with Gasteiger partial charge >= 0.3 is 35.5 Å². The Morgan fingerprint density at radius 2 is 2.04 bits per heavy atom. The van der Waals surface area contributed by atoms with Crippen molar-refractivity contribution in [2.75, 3.05) is 0 Å². The summed E-state index contributed by atoms with van der Waals surface area (Å²) in [5.74, 6) is -2.79. The van der Waals surface area contributed by atoms with E-state index in [4.69, 9.17) is 5.73 Å². The van der Waals surface area contributed by atoms with E-state index >= 15 is 0 Å². The maximum atomic E-state index is 12.1. The molecule has 2 aliphatic heterocycles. The number of carboxylic acid groups (broad SMARTS) is 1. The quantitative estimate of drug-likeness (QED) is 0.506. The van der Waals surface area contributed by atoms with Crippen molar-refractivity contribution in [1.29, 1.82) is 0 Å². The minimum atomic E-state index is -1.20. The number of nitrogens with zero attached hydrogens (tertiary/aromatic N) is 1. The summed E-state index contributed by atoms with van der Waals surface area (Å²) in [6.07, 6.45) is -0.513. The topological polar surface area (TPSA) is 121 Å². The predicted octanol–water partition coefficient (Wildman–Crippen LogP) is -0.456. The van der Waals surface area contributed by atoms with Crippen molar-refractivity contribution in [3.05, 3.63) is 41.1 Å². The summed E-state index contributed by atoms with van der Waals surface area (Å²) >= 11 is 0. The molecule has 0 saturated carbocycles. The van der Waals surface area contributed by atoms with Gasteiger partial charge in [0.15, 0.2) is 0 Å². The summed E-state index contributed by atoms with van der Waals surface area (Å²) in [5, 5.41) is 19.2. The van der Waals surface area contributed by atoms with E-state index in [9.17, 15) is 24.6 Å². The first-order valence-electron chi connectivity index (χ1n) is 7.20. The third kappa shape index (κ3) is 2.77. The number of aliphatic hydroxyl groups excluding tert-OH is 1. The van der Waals surface area contributed by atoms with Gasteiger partial charge in [0.1, 0.15) is 5.70 Å². The fourth-order valence-electron chi connectivity index (χ4n) is 3.39. The number of aliphatic hydroxyl groups is 1. The van der Waals surface area contributed by atoms with Gasteiger partial charge in [0.25, 0.3) is 0 Å². The first-order valence-corrected chi connectivity index (χ1v) is 7.20. The Morgan fingerprint density at radius 1 is 1.38 bits per heavy atom. The van der Waals surface area contributed by atoms with E-state index in [2.05, 4.69) is 0 Å². The molecule has 2 amide bonds. The average Bonchev–Trinajstić information content (AvgIpc) is 2.82. The van der Waals surface area contributed by atoms with Crippen LogP contribution in [0.5, 0.6) is 0 Å². The molecule has 2 aliphatic rings. The van der Waals surface area contributed by atoms with Crippen LogP contribution in [0, 0.1) is 5.92 Å². The van der Waals surface area contributed by atoms with Gasteiger partial charge in [-0.3, -0.25) is 9.59 Å². The van der Waals surface area contributed by atoms with E-state index in [0.717, 1.165) is 0 Å². The second kappa shape index (κ2) is 6.68. The van der Waals surface area contributed by atoms with Crippen LogP contribution in [-0.4, -0.2) is 74.6 Å². The maximum absolute atomic E-state index is 12.1. The first kappa shape index (κ1) is 18.7. The van der Waals surface area contributed by atoms with Crippen LogP contribution in [0.2, 0.25) is 0 Å². The number of carbonyl (C=O) groups is 3. The molecule has 2 heterocycles. The molecule has 7 nitrogen and oxygen atoms in total. The van der Waals surface area contributed by atoms with Crippen LogP contribution < -0.4 is 5.73 Å². The van der Waals surface area contributed by atoms with Crippen molar-refractivity contribution in [3.63, 3.8) is 0 Å². The summed E-state index contributed by atoms with van der Waals surface area (Å²) in [4.78, 5) is 36.3. The van der Waals surface area contributed by atoms with Crippen LogP contribution in [0.1, 0.15) is 29.3 Å². The van der Waals surface area contributed by atoms with Gasteiger partial charge in [-0.15, -0.1) is 0 Å². The molecular formula is C16H17N2NaO5. The number of hydrogen-bond acceptors (Lipinski definition) is 4. The third-order valence-electron chi connectivity index (χ3n) is 4.43. The number of β-lactam (4-membered cyclic amide) rings is 1. The molecule has 1 aromatic rings. The van der Waals surface area contributed by atoms with Gasteiger partial charge in [-0.1, -0.05) is 12.1 Å². The van der Waals surface area contributed by atoms with E-state index in [-0.39, 0.29) is 52.8 Å². The van der Waals surface area contributed by atoms with E-state index in [0.29, 0.717) is 17.6 Å². The first-order chi connectivity index (χ1) is 10.8. The monoisotopic (exact) mass is 340 g/mol. The molecule has 0 bridgehead atoms. The van der Waals surface area contributed by atoms with Gasteiger partial charge in [0.05, 0.1) is 18.1 Å². The molecule has 3 rings (SSSR count). The predicted molar refractivity (Wildman–Crippen MR) is 87.1 cm³/mol. The van der Waals surface area contributed by atoms with Crippen LogP contribution in [0.3, 0.4) is 0 Å². The normalized spacial score (nSPS) is 23.2. The number of fused-ring (bicyclic) bond motifs is 1. The minimum absolute atomic E-state index is 0. The summed E-state index contributed by atoms with van der Waals surface area (Å²) in [5.41, 5.74) is 6.46. The molecule has 4 N–H and O–H groups in total. The molecule has 0 unspecified atom stereocenters. The number of aliphatic carboxylic acids is 1. The zero-order valence-corrected chi connectivity index (χ0v) is 12.4. The number of amides is 2. The van der Waals surface area contributed by atoms with Crippen LogP contribution in [0.4, 0.5) is 0 Å². The van der Waals surface area contributed by atoms with E-state index in [1.165, 1.54) is 17.9 Å². The zero-order valence-electron chi connectivity index (χ0n) is 12.4. The van der Waals surface area contributed by atoms with Crippen molar-refractivity contribution in [2.45, 2.75) is 25.5 Å². The van der Waals surface area contributed by atoms with E-state index in [1.807, 2.05) is 0 Å². The van der Waals surface area contributed by atoms with Gasteiger partial charge in [-0.25, -0.2) is 4.79 Å². The fraction of sp³-hybridized carbons (Fsp3) is 0.312. The van der Waals surface area contributed by atoms with E-state index in [1.54, 1.807) is 18.2 Å². The zero-order chi connectivity index (χ0) is 16.9. The molecule has 1 fully saturated rings. The van der Waals surface area contributed by atoms with Crippen LogP contribution in [0.25, 0.3) is 5.57 Å². The number of hydrogen-bond donors (Lipinski definition) is 3. The second-order valence-corrected chi connectivity index (χ2v) is 5.82. The third-order valence-corrected chi connectivity index (χ3v) is 4.43. The van der Waals surface area contributed by atoms with Crippen molar-refractivity contribution in [3.8, 4) is 0 Å². The molecular weight excluding hydrogens is 323 g/mol. The van der Waals surface area contributed by atoms with Crippen molar-refractivity contribution >= 4 is 52.9 Å². The standard InChI is InChI=1S/C16H16N2O5.Na.H/c1-7(19)12-11-6-10(13(16(22)23)18(11)15(12)21)8-3-2-4-9(5-8)14(17)20;;/h2-5,7,11-12,19H,6H2,1H3,(H2,17,20)(H,22,23);;/t7-,11-,12-;;/m1../s1. The number of primary amides is 1. The Kier molecular flexibility index (Phi) is 5.19. The number of benzene rings is 1.